The Balaban J connectivity index is 1.75. The van der Waals surface area contributed by atoms with Gasteiger partial charge in [-0.25, -0.2) is 0 Å². The monoisotopic (exact) mass is 461 g/mol. The van der Waals surface area contributed by atoms with Gasteiger partial charge in [-0.1, -0.05) is 70.8 Å². The molecule has 4 heteroatoms. The van der Waals surface area contributed by atoms with E-state index >= 15 is 0 Å². The predicted octanol–water partition coefficient (Wildman–Crippen LogP) is 5.54. The fraction of sp³-hybridized carbons (Fsp3) is 0.500. The van der Waals surface area contributed by atoms with Crippen molar-refractivity contribution in [2.75, 3.05) is 13.1 Å². The Kier molecular flexibility index (Phi) is 8.46. The van der Waals surface area contributed by atoms with Crippen LogP contribution >= 0.6 is 0 Å². The first-order chi connectivity index (χ1) is 16.1. The molecule has 4 nitrogen and oxygen atoms in total. The lowest BCUT2D eigenvalue weighted by atomic mass is 9.89. The molecular weight excluding hydrogens is 418 g/mol. The van der Waals surface area contributed by atoms with E-state index in [0.717, 1.165) is 62.0 Å². The number of allylic oxidation sites excluding steroid dienone is 2. The molecule has 0 bridgehead atoms. The van der Waals surface area contributed by atoms with Crippen LogP contribution in [-0.2, 0) is 17.6 Å². The van der Waals surface area contributed by atoms with E-state index in [-0.39, 0.29) is 29.3 Å². The average molecular weight is 462 g/mol. The van der Waals surface area contributed by atoms with Crippen molar-refractivity contribution in [1.82, 2.24) is 15.5 Å². The summed E-state index contributed by atoms with van der Waals surface area (Å²) in [6, 6.07) is 8.49. The predicted molar refractivity (Wildman–Crippen MR) is 143 cm³/mol. The van der Waals surface area contributed by atoms with Crippen molar-refractivity contribution < 1.29 is 4.79 Å². The molecule has 1 amide bonds. The van der Waals surface area contributed by atoms with E-state index in [9.17, 15) is 4.79 Å². The first kappa shape index (κ1) is 25.9. The molecule has 1 heterocycles. The first-order valence-electron chi connectivity index (χ1n) is 12.6. The van der Waals surface area contributed by atoms with E-state index in [4.69, 9.17) is 0 Å². The van der Waals surface area contributed by atoms with Crippen LogP contribution in [-0.4, -0.2) is 36.0 Å². The smallest absolute Gasteiger partial charge is 0.245 e. The molecule has 1 aliphatic heterocycles. The zero-order valence-electron chi connectivity index (χ0n) is 21.5. The summed E-state index contributed by atoms with van der Waals surface area (Å²) >= 11 is 0. The van der Waals surface area contributed by atoms with Crippen molar-refractivity contribution in [3.05, 3.63) is 84.8 Å². The second-order valence-electron chi connectivity index (χ2n) is 11.2. The second kappa shape index (κ2) is 11.1. The minimum absolute atomic E-state index is 0.114. The van der Waals surface area contributed by atoms with Crippen molar-refractivity contribution in [3.8, 4) is 0 Å². The van der Waals surface area contributed by atoms with Gasteiger partial charge in [0.05, 0.1) is 0 Å². The lowest BCUT2D eigenvalue weighted by Crippen LogP contribution is -2.52. The minimum atomic E-state index is -0.266. The molecule has 3 rings (SSSR count). The fourth-order valence-corrected chi connectivity index (χ4v) is 5.37. The maximum atomic E-state index is 14.1. The molecule has 2 aliphatic rings. The van der Waals surface area contributed by atoms with Crippen LogP contribution in [0, 0.1) is 11.3 Å². The molecule has 0 aromatic heterocycles. The molecule has 34 heavy (non-hydrogen) atoms. The van der Waals surface area contributed by atoms with Gasteiger partial charge in [0.1, 0.15) is 6.04 Å². The number of hydrogen-bond donors (Lipinski definition) is 2. The van der Waals surface area contributed by atoms with Crippen molar-refractivity contribution in [2.24, 2.45) is 11.3 Å². The molecular formula is C30H43N3O. The first-order valence-corrected chi connectivity index (χ1v) is 12.6. The molecule has 1 aromatic carbocycles. The highest BCUT2D eigenvalue weighted by molar-refractivity contribution is 5.83. The summed E-state index contributed by atoms with van der Waals surface area (Å²) in [5, 5.41) is 6.84. The number of carbonyl (C=O) groups is 1. The zero-order chi connectivity index (χ0) is 24.9. The minimum Gasteiger partial charge on any atom is -0.382 e. The van der Waals surface area contributed by atoms with E-state index < -0.39 is 0 Å². The Morgan fingerprint density at radius 1 is 1.18 bits per heavy atom. The molecule has 0 spiro atoms. The molecule has 0 saturated carbocycles. The van der Waals surface area contributed by atoms with Crippen molar-refractivity contribution in [3.63, 3.8) is 0 Å². The van der Waals surface area contributed by atoms with Crippen molar-refractivity contribution in [1.29, 1.82) is 0 Å². The summed E-state index contributed by atoms with van der Waals surface area (Å²) in [6.45, 7) is 24.5. The summed E-state index contributed by atoms with van der Waals surface area (Å²) in [7, 11) is 0. The van der Waals surface area contributed by atoms with Crippen LogP contribution in [0.15, 0.2) is 73.6 Å². The van der Waals surface area contributed by atoms with E-state index in [1.54, 1.807) is 0 Å². The third kappa shape index (κ3) is 6.65. The number of amides is 1. The maximum absolute atomic E-state index is 14.1. The van der Waals surface area contributed by atoms with E-state index in [1.807, 2.05) is 6.08 Å². The molecule has 1 aromatic rings. The molecule has 1 aliphatic carbocycles. The fourth-order valence-electron chi connectivity index (χ4n) is 5.37. The van der Waals surface area contributed by atoms with Crippen LogP contribution in [0.2, 0.25) is 0 Å². The Labute approximate surface area is 206 Å². The second-order valence-corrected chi connectivity index (χ2v) is 11.2. The SMILES string of the molecule is C=CCNC(=C)C(=C)CC1CCCN1C(=O)C(NC(=C)CC(C)(C)C)C1Cc2ccccc2C1. The van der Waals surface area contributed by atoms with E-state index in [0.29, 0.717) is 6.54 Å². The van der Waals surface area contributed by atoms with Gasteiger partial charge in [0, 0.05) is 30.5 Å². The number of nitrogens with zero attached hydrogens (tertiary/aromatic N) is 1. The number of rotatable bonds is 11. The molecule has 2 N–H and O–H groups in total. The molecule has 184 valence electrons. The Hall–Kier alpha value is -2.75. The van der Waals surface area contributed by atoms with Crippen LogP contribution in [0.4, 0.5) is 0 Å². The van der Waals surface area contributed by atoms with Gasteiger partial charge in [0.2, 0.25) is 5.91 Å². The number of nitrogens with one attached hydrogen (secondary N) is 2. The van der Waals surface area contributed by atoms with Crippen LogP contribution in [0.1, 0.15) is 57.6 Å². The number of benzene rings is 1. The molecule has 0 radical (unpaired) electrons. The van der Waals surface area contributed by atoms with Crippen molar-refractivity contribution in [2.45, 2.75) is 71.4 Å². The molecule has 1 saturated heterocycles. The lowest BCUT2D eigenvalue weighted by Gasteiger charge is -2.34. The third-order valence-electron chi connectivity index (χ3n) is 6.95. The Morgan fingerprint density at radius 3 is 2.41 bits per heavy atom. The lowest BCUT2D eigenvalue weighted by molar-refractivity contribution is -0.135. The summed E-state index contributed by atoms with van der Waals surface area (Å²) in [6.07, 6.45) is 7.27. The van der Waals surface area contributed by atoms with E-state index in [1.165, 1.54) is 11.1 Å². The van der Waals surface area contributed by atoms with Gasteiger partial charge in [-0.2, -0.15) is 0 Å². The standard InChI is InChI=1S/C30H43N3O/c1-8-15-31-23(4)21(2)17-27-14-11-16-33(27)29(34)28(32-22(3)20-30(5,6)7)26-18-24-12-9-10-13-25(24)19-26/h8-10,12-13,26-28,31-32H,1-4,11,14-20H2,5-7H3. The van der Waals surface area contributed by atoms with Gasteiger partial charge in [-0.05, 0) is 66.6 Å². The molecule has 2 unspecified atom stereocenters. The number of carbonyl (C=O) groups excluding carboxylic acids is 1. The van der Waals surface area contributed by atoms with Gasteiger partial charge in [0.15, 0.2) is 0 Å². The van der Waals surface area contributed by atoms with Gasteiger partial charge >= 0.3 is 0 Å². The van der Waals surface area contributed by atoms with Gasteiger partial charge in [-0.15, -0.1) is 6.58 Å². The largest absolute Gasteiger partial charge is 0.382 e. The van der Waals surface area contributed by atoms with Crippen LogP contribution in [0.5, 0.6) is 0 Å². The quantitative estimate of drug-likeness (QED) is 0.336. The normalized spacial score (nSPS) is 18.8. The van der Waals surface area contributed by atoms with Gasteiger partial charge < -0.3 is 15.5 Å². The highest BCUT2D eigenvalue weighted by Crippen LogP contribution is 2.33. The van der Waals surface area contributed by atoms with Crippen LogP contribution in [0.25, 0.3) is 0 Å². The maximum Gasteiger partial charge on any atom is 0.245 e. The number of hydrogen-bond acceptors (Lipinski definition) is 3. The molecule has 1 fully saturated rings. The average Bonchev–Trinajstić information content (AvgIpc) is 3.40. The highest BCUT2D eigenvalue weighted by Gasteiger charge is 2.39. The third-order valence-corrected chi connectivity index (χ3v) is 6.95. The van der Waals surface area contributed by atoms with Gasteiger partial charge in [0.25, 0.3) is 0 Å². The topological polar surface area (TPSA) is 44.4 Å². The van der Waals surface area contributed by atoms with Crippen LogP contribution in [0.3, 0.4) is 0 Å². The van der Waals surface area contributed by atoms with Gasteiger partial charge in [-0.3, -0.25) is 4.79 Å². The zero-order valence-corrected chi connectivity index (χ0v) is 21.5. The number of fused-ring (bicyclic) bond motifs is 1. The van der Waals surface area contributed by atoms with Crippen molar-refractivity contribution >= 4 is 5.91 Å². The number of likely N-dealkylation sites (tertiary alicyclic amines) is 1. The summed E-state index contributed by atoms with van der Waals surface area (Å²) in [4.78, 5) is 16.2. The molecule has 2 atom stereocenters. The Morgan fingerprint density at radius 2 is 1.82 bits per heavy atom. The highest BCUT2D eigenvalue weighted by atomic mass is 16.2. The summed E-state index contributed by atoms with van der Waals surface area (Å²) < 4.78 is 0. The van der Waals surface area contributed by atoms with Crippen LogP contribution < -0.4 is 10.6 Å². The Bertz CT molecular complexity index is 914. The summed E-state index contributed by atoms with van der Waals surface area (Å²) in [5.41, 5.74) is 5.58. The summed E-state index contributed by atoms with van der Waals surface area (Å²) in [5.74, 6) is 0.433. The van der Waals surface area contributed by atoms with E-state index in [2.05, 4.69) is 86.9 Å².